The van der Waals surface area contributed by atoms with Crippen LogP contribution in [-0.2, 0) is 16.0 Å². The third-order valence-corrected chi connectivity index (χ3v) is 3.54. The second kappa shape index (κ2) is 5.43. The van der Waals surface area contributed by atoms with Crippen LogP contribution in [0.5, 0.6) is 0 Å². The molecule has 0 aliphatic carbocycles. The monoisotopic (exact) mass is 240 g/mol. The lowest BCUT2D eigenvalue weighted by Gasteiger charge is -2.29. The lowest BCUT2D eigenvalue weighted by molar-refractivity contribution is -0.136. The first-order chi connectivity index (χ1) is 7.77. The van der Waals surface area contributed by atoms with Gasteiger partial charge in [-0.15, -0.1) is 11.3 Å². The van der Waals surface area contributed by atoms with E-state index in [1.807, 2.05) is 17.5 Å². The molecule has 0 bridgehead atoms. The van der Waals surface area contributed by atoms with Crippen LogP contribution in [0.1, 0.15) is 4.88 Å². The lowest BCUT2D eigenvalue weighted by atomic mass is 10.1. The molecule has 1 amide bonds. The number of hydrogen-bond acceptors (Lipinski definition) is 4. The van der Waals surface area contributed by atoms with Crippen molar-refractivity contribution >= 4 is 17.2 Å². The van der Waals surface area contributed by atoms with Gasteiger partial charge < -0.3 is 15.4 Å². The van der Waals surface area contributed by atoms with Gasteiger partial charge in [0.1, 0.15) is 0 Å². The van der Waals surface area contributed by atoms with Crippen LogP contribution in [0, 0.1) is 0 Å². The molecule has 5 heteroatoms. The molecular formula is C11H16N2O2S. The summed E-state index contributed by atoms with van der Waals surface area (Å²) in [6, 6.07) is 3.57. The summed E-state index contributed by atoms with van der Waals surface area (Å²) in [7, 11) is 0. The maximum Gasteiger partial charge on any atom is 0.240 e. The van der Waals surface area contributed by atoms with E-state index in [2.05, 4.69) is 0 Å². The van der Waals surface area contributed by atoms with Gasteiger partial charge in [-0.1, -0.05) is 6.07 Å². The molecule has 1 aliphatic rings. The van der Waals surface area contributed by atoms with E-state index in [0.717, 1.165) is 4.88 Å². The number of ether oxygens (including phenoxy) is 1. The van der Waals surface area contributed by atoms with Crippen LogP contribution in [0.2, 0.25) is 0 Å². The molecule has 1 aliphatic heterocycles. The Morgan fingerprint density at radius 3 is 2.94 bits per heavy atom. The Morgan fingerprint density at radius 2 is 2.31 bits per heavy atom. The Labute approximate surface area is 99.0 Å². The fourth-order valence-electron chi connectivity index (χ4n) is 1.75. The zero-order valence-electron chi connectivity index (χ0n) is 9.09. The summed E-state index contributed by atoms with van der Waals surface area (Å²) < 4.78 is 5.20. The van der Waals surface area contributed by atoms with E-state index in [1.165, 1.54) is 0 Å². The number of nitrogens with zero attached hydrogens (tertiary/aromatic N) is 1. The van der Waals surface area contributed by atoms with E-state index in [0.29, 0.717) is 32.7 Å². The molecule has 1 saturated heterocycles. The van der Waals surface area contributed by atoms with Crippen molar-refractivity contribution in [2.75, 3.05) is 26.3 Å². The Hall–Kier alpha value is -0.910. The zero-order valence-corrected chi connectivity index (χ0v) is 9.91. The maximum atomic E-state index is 12.0. The number of amides is 1. The van der Waals surface area contributed by atoms with E-state index >= 15 is 0 Å². The van der Waals surface area contributed by atoms with Gasteiger partial charge in [0.15, 0.2) is 0 Å². The molecule has 0 unspecified atom stereocenters. The van der Waals surface area contributed by atoms with Crippen molar-refractivity contribution in [1.29, 1.82) is 0 Å². The number of morpholine rings is 1. The van der Waals surface area contributed by atoms with Crippen LogP contribution in [0.25, 0.3) is 0 Å². The highest BCUT2D eigenvalue weighted by Crippen LogP contribution is 2.11. The molecular weight excluding hydrogens is 224 g/mol. The lowest BCUT2D eigenvalue weighted by Crippen LogP contribution is -2.49. The van der Waals surface area contributed by atoms with Gasteiger partial charge in [-0.3, -0.25) is 4.79 Å². The van der Waals surface area contributed by atoms with Gasteiger partial charge in [-0.25, -0.2) is 0 Å². The second-order valence-electron chi connectivity index (χ2n) is 3.83. The summed E-state index contributed by atoms with van der Waals surface area (Å²) in [6.45, 7) is 2.57. The van der Waals surface area contributed by atoms with Gasteiger partial charge >= 0.3 is 0 Å². The molecule has 2 N–H and O–H groups in total. The standard InChI is InChI=1S/C11H16N2O2S/c12-10(8-9-2-1-7-16-9)11(14)13-3-5-15-6-4-13/h1-2,7,10H,3-6,8,12H2/t10-/m0/s1. The molecule has 0 radical (unpaired) electrons. The number of carbonyl (C=O) groups is 1. The highest BCUT2D eigenvalue weighted by molar-refractivity contribution is 7.09. The zero-order chi connectivity index (χ0) is 11.4. The predicted molar refractivity (Wildman–Crippen MR) is 63.4 cm³/mol. The molecule has 0 saturated carbocycles. The number of carbonyl (C=O) groups excluding carboxylic acids is 1. The Kier molecular flexibility index (Phi) is 3.93. The van der Waals surface area contributed by atoms with E-state index in [1.54, 1.807) is 16.2 Å². The summed E-state index contributed by atoms with van der Waals surface area (Å²) in [6.07, 6.45) is 0.633. The molecule has 1 atom stereocenters. The average Bonchev–Trinajstić information content (AvgIpc) is 2.82. The first-order valence-corrected chi connectivity index (χ1v) is 6.30. The molecule has 0 spiro atoms. The van der Waals surface area contributed by atoms with E-state index < -0.39 is 6.04 Å². The Morgan fingerprint density at radius 1 is 1.56 bits per heavy atom. The molecule has 4 nitrogen and oxygen atoms in total. The fraction of sp³-hybridized carbons (Fsp3) is 0.545. The third-order valence-electron chi connectivity index (χ3n) is 2.64. The highest BCUT2D eigenvalue weighted by Gasteiger charge is 2.23. The van der Waals surface area contributed by atoms with Crippen LogP contribution >= 0.6 is 11.3 Å². The normalized spacial score (nSPS) is 18.4. The topological polar surface area (TPSA) is 55.6 Å². The molecule has 16 heavy (non-hydrogen) atoms. The molecule has 0 aromatic carbocycles. The quantitative estimate of drug-likeness (QED) is 0.836. The minimum atomic E-state index is -0.420. The van der Waals surface area contributed by atoms with Crippen molar-refractivity contribution < 1.29 is 9.53 Å². The van der Waals surface area contributed by atoms with Crippen molar-refractivity contribution in [3.63, 3.8) is 0 Å². The summed E-state index contributed by atoms with van der Waals surface area (Å²) >= 11 is 1.64. The first-order valence-electron chi connectivity index (χ1n) is 5.42. The number of hydrogen-bond donors (Lipinski definition) is 1. The summed E-state index contributed by atoms with van der Waals surface area (Å²) in [5, 5.41) is 2.00. The van der Waals surface area contributed by atoms with Crippen molar-refractivity contribution in [1.82, 2.24) is 4.90 Å². The number of nitrogens with two attached hydrogens (primary N) is 1. The summed E-state index contributed by atoms with van der Waals surface area (Å²) in [4.78, 5) is 14.9. The van der Waals surface area contributed by atoms with Crippen molar-refractivity contribution in [2.45, 2.75) is 12.5 Å². The Bertz CT molecular complexity index is 334. The number of thiophene rings is 1. The van der Waals surface area contributed by atoms with Gasteiger partial charge in [0.25, 0.3) is 0 Å². The van der Waals surface area contributed by atoms with E-state index in [4.69, 9.17) is 10.5 Å². The number of rotatable bonds is 3. The molecule has 2 rings (SSSR count). The van der Waals surface area contributed by atoms with Gasteiger partial charge in [0.05, 0.1) is 19.3 Å². The van der Waals surface area contributed by atoms with Crippen molar-refractivity contribution in [3.05, 3.63) is 22.4 Å². The van der Waals surface area contributed by atoms with E-state index in [-0.39, 0.29) is 5.91 Å². The minimum Gasteiger partial charge on any atom is -0.378 e. The van der Waals surface area contributed by atoms with Gasteiger partial charge in [0, 0.05) is 24.4 Å². The maximum absolute atomic E-state index is 12.0. The van der Waals surface area contributed by atoms with Crippen LogP contribution in [-0.4, -0.2) is 43.2 Å². The third kappa shape index (κ3) is 2.81. The van der Waals surface area contributed by atoms with E-state index in [9.17, 15) is 4.79 Å². The molecule has 1 aromatic heterocycles. The van der Waals surface area contributed by atoms with Gasteiger partial charge in [0.2, 0.25) is 5.91 Å². The first kappa shape index (κ1) is 11.6. The van der Waals surface area contributed by atoms with Gasteiger partial charge in [-0.05, 0) is 11.4 Å². The highest BCUT2D eigenvalue weighted by atomic mass is 32.1. The average molecular weight is 240 g/mol. The molecule has 1 aromatic rings. The summed E-state index contributed by atoms with van der Waals surface area (Å²) in [5.74, 6) is 0.0386. The largest absolute Gasteiger partial charge is 0.378 e. The minimum absolute atomic E-state index is 0.0386. The Balaban J connectivity index is 1.88. The fourth-order valence-corrected chi connectivity index (χ4v) is 2.52. The predicted octanol–water partition coefficient (Wildman–Crippen LogP) is 0.477. The van der Waals surface area contributed by atoms with Crippen molar-refractivity contribution in [3.8, 4) is 0 Å². The van der Waals surface area contributed by atoms with Crippen LogP contribution in [0.3, 0.4) is 0 Å². The van der Waals surface area contributed by atoms with Crippen LogP contribution in [0.15, 0.2) is 17.5 Å². The van der Waals surface area contributed by atoms with Crippen LogP contribution in [0.4, 0.5) is 0 Å². The molecule has 88 valence electrons. The SMILES string of the molecule is N[C@@H](Cc1cccs1)C(=O)N1CCOCC1. The molecule has 1 fully saturated rings. The van der Waals surface area contributed by atoms with Gasteiger partial charge in [-0.2, -0.15) is 0 Å². The van der Waals surface area contributed by atoms with Crippen LogP contribution < -0.4 is 5.73 Å². The van der Waals surface area contributed by atoms with Crippen molar-refractivity contribution in [2.24, 2.45) is 5.73 Å². The molecule has 2 heterocycles. The second-order valence-corrected chi connectivity index (χ2v) is 4.86. The summed E-state index contributed by atoms with van der Waals surface area (Å²) in [5.41, 5.74) is 5.91. The smallest absolute Gasteiger partial charge is 0.240 e.